The maximum absolute atomic E-state index is 13.1. The van der Waals surface area contributed by atoms with E-state index in [0.717, 1.165) is 25.1 Å². The molecule has 1 aromatic carbocycles. The molecule has 0 atom stereocenters. The summed E-state index contributed by atoms with van der Waals surface area (Å²) in [7, 11) is 0. The Bertz CT molecular complexity index is 448. The third-order valence-corrected chi connectivity index (χ3v) is 2.50. The van der Waals surface area contributed by atoms with Crippen molar-refractivity contribution in [1.29, 1.82) is 10.7 Å². The van der Waals surface area contributed by atoms with E-state index in [9.17, 15) is 4.39 Å². The summed E-state index contributed by atoms with van der Waals surface area (Å²) in [6.07, 6.45) is 1.69. The lowest BCUT2D eigenvalue weighted by Crippen LogP contribution is -2.23. The Balaban J connectivity index is 2.37. The molecule has 3 nitrogen and oxygen atoms in total. The number of nitriles is 1. The van der Waals surface area contributed by atoms with Crippen LogP contribution in [0, 0.1) is 22.6 Å². The highest BCUT2D eigenvalue weighted by Crippen LogP contribution is 2.23. The Morgan fingerprint density at radius 3 is 2.87 bits per heavy atom. The highest BCUT2D eigenvalue weighted by Gasteiger charge is 2.19. The van der Waals surface area contributed by atoms with E-state index < -0.39 is 5.82 Å². The molecule has 0 aromatic heterocycles. The molecular formula is C11H10FN3. The van der Waals surface area contributed by atoms with Crippen LogP contribution in [-0.2, 0) is 0 Å². The van der Waals surface area contributed by atoms with Crippen LogP contribution in [0.5, 0.6) is 0 Å². The molecule has 1 N–H and O–H groups in total. The molecule has 0 saturated carbocycles. The summed E-state index contributed by atoms with van der Waals surface area (Å²) in [6, 6.07) is 6.18. The molecule has 0 unspecified atom stereocenters. The van der Waals surface area contributed by atoms with Crippen molar-refractivity contribution in [1.82, 2.24) is 0 Å². The molecule has 1 fully saturated rings. The summed E-state index contributed by atoms with van der Waals surface area (Å²) in [5.74, 6) is 0.0254. The van der Waals surface area contributed by atoms with Gasteiger partial charge in [0.25, 0.3) is 0 Å². The zero-order chi connectivity index (χ0) is 10.8. The van der Waals surface area contributed by atoms with Gasteiger partial charge in [0.1, 0.15) is 17.7 Å². The Morgan fingerprint density at radius 1 is 1.47 bits per heavy atom. The molecule has 1 aromatic rings. The van der Waals surface area contributed by atoms with Gasteiger partial charge in [-0.15, -0.1) is 0 Å². The van der Waals surface area contributed by atoms with Crippen molar-refractivity contribution in [2.75, 3.05) is 11.4 Å². The van der Waals surface area contributed by atoms with Crippen LogP contribution in [0.1, 0.15) is 18.4 Å². The lowest BCUT2D eigenvalue weighted by molar-refractivity contribution is 0.624. The summed E-state index contributed by atoms with van der Waals surface area (Å²) < 4.78 is 13.1. The van der Waals surface area contributed by atoms with Crippen molar-refractivity contribution in [3.63, 3.8) is 0 Å². The van der Waals surface area contributed by atoms with Gasteiger partial charge >= 0.3 is 0 Å². The summed E-state index contributed by atoms with van der Waals surface area (Å²) in [5, 5.41) is 16.4. The van der Waals surface area contributed by atoms with E-state index in [0.29, 0.717) is 5.84 Å². The van der Waals surface area contributed by atoms with Crippen molar-refractivity contribution in [2.24, 2.45) is 0 Å². The third-order valence-electron chi connectivity index (χ3n) is 2.50. The van der Waals surface area contributed by atoms with E-state index in [4.69, 9.17) is 10.7 Å². The Kier molecular flexibility index (Phi) is 2.38. The number of hydrogen-bond acceptors (Lipinski definition) is 2. The van der Waals surface area contributed by atoms with Gasteiger partial charge in [-0.25, -0.2) is 4.39 Å². The monoisotopic (exact) mass is 203 g/mol. The lowest BCUT2D eigenvalue weighted by atomic mass is 10.2. The maximum Gasteiger partial charge on any atom is 0.141 e. The predicted molar refractivity (Wildman–Crippen MR) is 55.4 cm³/mol. The number of rotatable bonds is 1. The van der Waals surface area contributed by atoms with Gasteiger partial charge in [-0.05, 0) is 24.6 Å². The van der Waals surface area contributed by atoms with Crippen LogP contribution in [0.4, 0.5) is 10.1 Å². The first-order chi connectivity index (χ1) is 7.22. The Hall–Kier alpha value is -1.89. The normalized spacial score (nSPS) is 15.5. The van der Waals surface area contributed by atoms with Crippen LogP contribution in [0.15, 0.2) is 18.2 Å². The summed E-state index contributed by atoms with van der Waals surface area (Å²) >= 11 is 0. The first kappa shape index (κ1) is 9.66. The van der Waals surface area contributed by atoms with Crippen LogP contribution in [0.3, 0.4) is 0 Å². The minimum atomic E-state index is -0.507. The molecule has 76 valence electrons. The zero-order valence-electron chi connectivity index (χ0n) is 8.13. The number of benzene rings is 1. The first-order valence-electron chi connectivity index (χ1n) is 4.77. The number of amidine groups is 1. The number of halogens is 1. The molecule has 1 aliphatic rings. The van der Waals surface area contributed by atoms with E-state index >= 15 is 0 Å². The lowest BCUT2D eigenvalue weighted by Gasteiger charge is -2.17. The van der Waals surface area contributed by atoms with Crippen molar-refractivity contribution < 1.29 is 4.39 Å². The molecule has 2 rings (SSSR count). The summed E-state index contributed by atoms with van der Waals surface area (Å²) in [5.41, 5.74) is 0.766. The Labute approximate surface area is 87.3 Å². The highest BCUT2D eigenvalue weighted by molar-refractivity contribution is 5.97. The quantitative estimate of drug-likeness (QED) is 0.761. The number of nitrogens with zero attached hydrogens (tertiary/aromatic N) is 2. The molecule has 0 spiro atoms. The second kappa shape index (κ2) is 3.70. The van der Waals surface area contributed by atoms with Crippen molar-refractivity contribution in [2.45, 2.75) is 12.8 Å². The largest absolute Gasteiger partial charge is 0.330 e. The van der Waals surface area contributed by atoms with Crippen LogP contribution < -0.4 is 4.90 Å². The molecule has 0 bridgehead atoms. The van der Waals surface area contributed by atoms with Gasteiger partial charge in [0.05, 0.1) is 5.56 Å². The van der Waals surface area contributed by atoms with Gasteiger partial charge in [0, 0.05) is 18.7 Å². The molecule has 15 heavy (non-hydrogen) atoms. The SMILES string of the molecule is N#Cc1cc(N2CCCC2=N)ccc1F. The molecule has 4 heteroatoms. The Morgan fingerprint density at radius 2 is 2.27 bits per heavy atom. The fourth-order valence-corrected chi connectivity index (χ4v) is 1.73. The fraction of sp³-hybridized carbons (Fsp3) is 0.273. The minimum absolute atomic E-state index is 0.0344. The predicted octanol–water partition coefficient (Wildman–Crippen LogP) is 2.27. The fourth-order valence-electron chi connectivity index (χ4n) is 1.73. The molecule has 1 saturated heterocycles. The van der Waals surface area contributed by atoms with Gasteiger partial charge in [-0.1, -0.05) is 0 Å². The van der Waals surface area contributed by atoms with Crippen LogP contribution in [0.25, 0.3) is 0 Å². The topological polar surface area (TPSA) is 50.9 Å². The average molecular weight is 203 g/mol. The molecule has 0 radical (unpaired) electrons. The average Bonchev–Trinajstić information content (AvgIpc) is 2.65. The maximum atomic E-state index is 13.1. The number of nitrogens with one attached hydrogen (secondary N) is 1. The molecule has 1 aliphatic heterocycles. The van der Waals surface area contributed by atoms with Crippen molar-refractivity contribution >= 4 is 11.5 Å². The smallest absolute Gasteiger partial charge is 0.141 e. The molecule has 0 amide bonds. The van der Waals surface area contributed by atoms with Gasteiger partial charge in [0.15, 0.2) is 0 Å². The zero-order valence-corrected chi connectivity index (χ0v) is 8.13. The highest BCUT2D eigenvalue weighted by atomic mass is 19.1. The van der Waals surface area contributed by atoms with Crippen LogP contribution >= 0.6 is 0 Å². The van der Waals surface area contributed by atoms with Crippen LogP contribution in [-0.4, -0.2) is 12.4 Å². The van der Waals surface area contributed by atoms with Crippen LogP contribution in [0.2, 0.25) is 0 Å². The standard InChI is InChI=1S/C11H10FN3/c12-10-4-3-9(6-8(10)7-13)15-5-1-2-11(15)14/h3-4,6,14H,1-2,5H2. The summed E-state index contributed by atoms with van der Waals surface area (Å²) in [6.45, 7) is 0.773. The molecular weight excluding hydrogens is 193 g/mol. The third kappa shape index (κ3) is 1.68. The van der Waals surface area contributed by atoms with E-state index in [1.807, 2.05) is 0 Å². The van der Waals surface area contributed by atoms with E-state index in [-0.39, 0.29) is 5.56 Å². The van der Waals surface area contributed by atoms with Gasteiger partial charge in [-0.2, -0.15) is 5.26 Å². The van der Waals surface area contributed by atoms with E-state index in [1.165, 1.54) is 12.1 Å². The van der Waals surface area contributed by atoms with Gasteiger partial charge < -0.3 is 4.90 Å². The summed E-state index contributed by atoms with van der Waals surface area (Å²) in [4.78, 5) is 1.81. The van der Waals surface area contributed by atoms with E-state index in [1.54, 1.807) is 17.0 Å². The first-order valence-corrected chi connectivity index (χ1v) is 4.77. The molecule has 1 heterocycles. The molecule has 0 aliphatic carbocycles. The van der Waals surface area contributed by atoms with Crippen molar-refractivity contribution in [3.8, 4) is 6.07 Å². The van der Waals surface area contributed by atoms with Gasteiger partial charge in [-0.3, -0.25) is 5.41 Å². The van der Waals surface area contributed by atoms with Gasteiger partial charge in [0.2, 0.25) is 0 Å². The number of anilines is 1. The number of hydrogen-bond donors (Lipinski definition) is 1. The second-order valence-electron chi connectivity index (χ2n) is 3.48. The van der Waals surface area contributed by atoms with E-state index in [2.05, 4.69) is 0 Å². The second-order valence-corrected chi connectivity index (χ2v) is 3.48. The van der Waals surface area contributed by atoms with Crippen molar-refractivity contribution in [3.05, 3.63) is 29.6 Å². The minimum Gasteiger partial charge on any atom is -0.330 e.